The van der Waals surface area contributed by atoms with E-state index in [4.69, 9.17) is 4.42 Å². The minimum Gasteiger partial charge on any atom is -0.504 e. The molecule has 0 fully saturated rings. The Morgan fingerprint density at radius 3 is 2.63 bits per heavy atom. The van der Waals surface area contributed by atoms with Gasteiger partial charge in [0.1, 0.15) is 11.3 Å². The maximum Gasteiger partial charge on any atom is 0.796 e. The minimum atomic E-state index is -3.06. The van der Waals surface area contributed by atoms with Crippen molar-refractivity contribution in [2.24, 2.45) is 0 Å². The summed E-state index contributed by atoms with van der Waals surface area (Å²) in [6, 6.07) is 4.00. The number of Topliss-reactive ketones (excluding diaryl/α,β-unsaturated/α-hetero) is 1. The van der Waals surface area contributed by atoms with Crippen molar-refractivity contribution in [1.29, 1.82) is 0 Å². The summed E-state index contributed by atoms with van der Waals surface area (Å²) in [6.07, 6.45) is 0. The smallest absolute Gasteiger partial charge is 0.504 e. The molecule has 0 spiro atoms. The van der Waals surface area contributed by atoms with Gasteiger partial charge in [-0.15, -0.1) is 0 Å². The average Bonchev–Trinajstić information content (AvgIpc) is 2.26. The summed E-state index contributed by atoms with van der Waals surface area (Å²) in [4.78, 5) is 22.9. The Labute approximate surface area is 107 Å². The van der Waals surface area contributed by atoms with Crippen molar-refractivity contribution >= 4 is 24.2 Å². The largest absolute Gasteiger partial charge is 0.796 e. The fourth-order valence-corrected chi connectivity index (χ4v) is 1.89. The van der Waals surface area contributed by atoms with Crippen molar-refractivity contribution in [1.82, 2.24) is 0 Å². The number of hydrogen-bond donors (Lipinski definition) is 0. The minimum absolute atomic E-state index is 0.0318. The van der Waals surface area contributed by atoms with Crippen LogP contribution in [0.3, 0.4) is 0 Å². The van der Waals surface area contributed by atoms with Gasteiger partial charge < -0.3 is 9.07 Å². The lowest BCUT2D eigenvalue weighted by Crippen LogP contribution is -2.12. The van der Waals surface area contributed by atoms with Crippen molar-refractivity contribution in [3.05, 3.63) is 39.7 Å². The number of rotatable bonds is 3. The number of aryl methyl sites for hydroxylation is 1. The lowest BCUT2D eigenvalue weighted by molar-refractivity contribution is 0.101. The fourth-order valence-electron chi connectivity index (χ4n) is 1.89. The molecule has 98 valence electrons. The normalized spacial score (nSPS) is 10.5. The molecule has 0 atom stereocenters. The van der Waals surface area contributed by atoms with Gasteiger partial charge in [0.15, 0.2) is 11.4 Å². The zero-order valence-electron chi connectivity index (χ0n) is 10.2. The number of hydrogen-bond acceptors (Lipinski definition) is 4. The molecule has 0 amide bonds. The highest BCUT2D eigenvalue weighted by molar-refractivity contribution is 6.35. The predicted molar refractivity (Wildman–Crippen MR) is 65.8 cm³/mol. The van der Waals surface area contributed by atoms with Crippen LogP contribution in [0.15, 0.2) is 27.4 Å². The first-order valence-electron chi connectivity index (χ1n) is 5.43. The van der Waals surface area contributed by atoms with E-state index >= 15 is 0 Å². The maximum atomic E-state index is 12.3. The second-order valence-corrected chi connectivity index (χ2v) is 4.00. The topological polar surface area (TPSA) is 56.5 Å². The summed E-state index contributed by atoms with van der Waals surface area (Å²) in [6.45, 7) is 2.85. The SMILES string of the molecule is CC(=O)c1c(OB(F)F)ccc2c(C)cc(=O)oc12. The molecule has 1 heterocycles. The quantitative estimate of drug-likeness (QED) is 0.486. The van der Waals surface area contributed by atoms with E-state index in [1.165, 1.54) is 25.1 Å². The second kappa shape index (κ2) is 4.83. The van der Waals surface area contributed by atoms with Crippen LogP contribution in [-0.2, 0) is 0 Å². The molecule has 2 aromatic rings. The molecule has 0 bridgehead atoms. The van der Waals surface area contributed by atoms with E-state index in [1.54, 1.807) is 6.92 Å². The molecule has 19 heavy (non-hydrogen) atoms. The van der Waals surface area contributed by atoms with Crippen LogP contribution in [0.1, 0.15) is 22.8 Å². The lowest BCUT2D eigenvalue weighted by Gasteiger charge is -2.10. The molecule has 0 saturated carbocycles. The van der Waals surface area contributed by atoms with E-state index in [-0.39, 0.29) is 16.9 Å². The van der Waals surface area contributed by atoms with Gasteiger partial charge in [-0.1, -0.05) is 0 Å². The van der Waals surface area contributed by atoms with Crippen LogP contribution in [-0.4, -0.2) is 13.3 Å². The Hall–Kier alpha value is -2.18. The molecule has 0 aliphatic rings. The van der Waals surface area contributed by atoms with Gasteiger partial charge in [-0.25, -0.2) is 13.4 Å². The van der Waals surface area contributed by atoms with Crippen LogP contribution in [0.2, 0.25) is 0 Å². The zero-order chi connectivity index (χ0) is 14.2. The molecule has 2 rings (SSSR count). The van der Waals surface area contributed by atoms with E-state index in [1.807, 2.05) is 0 Å². The number of halogens is 2. The van der Waals surface area contributed by atoms with Crippen molar-refractivity contribution < 1.29 is 22.5 Å². The first kappa shape index (κ1) is 13.3. The first-order chi connectivity index (χ1) is 8.90. The number of carbonyl (C=O) groups is 1. The molecule has 0 saturated heterocycles. The number of benzene rings is 1. The summed E-state index contributed by atoms with van der Waals surface area (Å²) >= 11 is 0. The molecule has 0 aliphatic carbocycles. The highest BCUT2D eigenvalue weighted by Gasteiger charge is 2.24. The van der Waals surface area contributed by atoms with Gasteiger partial charge in [-0.2, -0.15) is 0 Å². The van der Waals surface area contributed by atoms with Crippen LogP contribution in [0.5, 0.6) is 5.75 Å². The molecule has 7 heteroatoms. The lowest BCUT2D eigenvalue weighted by atomic mass is 10.0. The molecule has 1 aromatic carbocycles. The summed E-state index contributed by atoms with van der Waals surface area (Å²) in [5.41, 5.74) is -0.242. The standard InChI is InChI=1S/C12H9BF2O4/c1-6-5-10(17)18-12-8(6)3-4-9(19-13(14)15)11(12)7(2)16/h3-5H,1-2H3. The number of ketones is 1. The molecule has 1 aromatic heterocycles. The van der Waals surface area contributed by atoms with Gasteiger partial charge in [0.2, 0.25) is 0 Å². The van der Waals surface area contributed by atoms with Crippen LogP contribution < -0.4 is 10.3 Å². The molecular formula is C12H9BF2O4. The van der Waals surface area contributed by atoms with E-state index in [2.05, 4.69) is 4.65 Å². The van der Waals surface area contributed by atoms with E-state index < -0.39 is 18.9 Å². The molecule has 4 nitrogen and oxygen atoms in total. The van der Waals surface area contributed by atoms with Crippen molar-refractivity contribution in [3.63, 3.8) is 0 Å². The van der Waals surface area contributed by atoms with Gasteiger partial charge in [0.25, 0.3) is 0 Å². The summed E-state index contributed by atoms with van der Waals surface area (Å²) in [5.74, 6) is -0.821. The zero-order valence-corrected chi connectivity index (χ0v) is 10.2. The van der Waals surface area contributed by atoms with Gasteiger partial charge in [-0.3, -0.25) is 4.79 Å². The van der Waals surface area contributed by atoms with Gasteiger partial charge in [0.05, 0.1) is 0 Å². The summed E-state index contributed by atoms with van der Waals surface area (Å²) in [7, 11) is -3.06. The van der Waals surface area contributed by atoms with Gasteiger partial charge in [-0.05, 0) is 31.5 Å². The van der Waals surface area contributed by atoms with Crippen LogP contribution in [0.25, 0.3) is 11.0 Å². The Balaban J connectivity index is 2.84. The third kappa shape index (κ3) is 2.49. The Morgan fingerprint density at radius 2 is 2.05 bits per heavy atom. The van der Waals surface area contributed by atoms with Crippen molar-refractivity contribution in [2.45, 2.75) is 13.8 Å². The fraction of sp³-hybridized carbons (Fsp3) is 0.167. The summed E-state index contributed by atoms with van der Waals surface area (Å²) in [5, 5.41) is 0.506. The Kier molecular flexibility index (Phi) is 3.37. The molecule has 0 N–H and O–H groups in total. The summed E-state index contributed by atoms with van der Waals surface area (Å²) < 4.78 is 33.8. The predicted octanol–water partition coefficient (Wildman–Crippen LogP) is 2.61. The Bertz CT molecular complexity index is 709. The van der Waals surface area contributed by atoms with E-state index in [0.29, 0.717) is 10.9 Å². The van der Waals surface area contributed by atoms with E-state index in [9.17, 15) is 18.2 Å². The average molecular weight is 266 g/mol. The Morgan fingerprint density at radius 1 is 1.37 bits per heavy atom. The highest BCUT2D eigenvalue weighted by Crippen LogP contribution is 2.30. The van der Waals surface area contributed by atoms with Crippen LogP contribution in [0.4, 0.5) is 8.63 Å². The van der Waals surface area contributed by atoms with E-state index in [0.717, 1.165) is 0 Å². The van der Waals surface area contributed by atoms with Gasteiger partial charge >= 0.3 is 13.1 Å². The molecular weight excluding hydrogens is 257 g/mol. The monoisotopic (exact) mass is 266 g/mol. The molecule has 0 aliphatic heterocycles. The number of carbonyl (C=O) groups excluding carboxylic acids is 1. The second-order valence-electron chi connectivity index (χ2n) is 4.00. The molecule has 0 unspecified atom stereocenters. The van der Waals surface area contributed by atoms with Crippen molar-refractivity contribution in [3.8, 4) is 5.75 Å². The number of fused-ring (bicyclic) bond motifs is 1. The van der Waals surface area contributed by atoms with Crippen LogP contribution in [0, 0.1) is 6.92 Å². The first-order valence-corrected chi connectivity index (χ1v) is 5.43. The third-order valence-corrected chi connectivity index (χ3v) is 2.65. The van der Waals surface area contributed by atoms with Gasteiger partial charge in [0, 0.05) is 11.5 Å². The van der Waals surface area contributed by atoms with Crippen molar-refractivity contribution in [2.75, 3.05) is 0 Å². The third-order valence-electron chi connectivity index (χ3n) is 2.65. The highest BCUT2D eigenvalue weighted by atomic mass is 19.2. The van der Waals surface area contributed by atoms with Crippen LogP contribution >= 0.6 is 0 Å². The maximum absolute atomic E-state index is 12.3. The molecule has 0 radical (unpaired) electrons.